The second kappa shape index (κ2) is 7.14. The van der Waals surface area contributed by atoms with E-state index < -0.39 is 5.60 Å². The third-order valence-corrected chi connectivity index (χ3v) is 3.03. The molecule has 126 valence electrons. The van der Waals surface area contributed by atoms with Gasteiger partial charge in [-0.1, -0.05) is 12.1 Å². The molecule has 2 aromatic rings. The largest absolute Gasteiger partial charge is 0.399 e. The molecule has 3 N–H and O–H groups in total. The number of nitrogen functional groups attached to an aromatic ring is 1. The first kappa shape index (κ1) is 17.5. The first-order chi connectivity index (χ1) is 11.3. The van der Waals surface area contributed by atoms with Gasteiger partial charge in [0.25, 0.3) is 5.91 Å². The molecule has 0 bridgehead atoms. The van der Waals surface area contributed by atoms with Gasteiger partial charge in [0.15, 0.2) is 0 Å². The van der Waals surface area contributed by atoms with Crippen molar-refractivity contribution in [1.82, 2.24) is 0 Å². The number of carbonyl (C=O) groups is 2. The monoisotopic (exact) mass is 327 g/mol. The van der Waals surface area contributed by atoms with Crippen LogP contribution < -0.4 is 16.1 Å². The first-order valence-corrected chi connectivity index (χ1v) is 7.50. The standard InChI is InChI=1S/C18H21N3O3/c1-18(2,3)24-21(12-22)16-7-5-4-6-15(16)20-17(23)13-8-10-14(19)11-9-13/h4-12H,19H2,1-3H3,(H,20,23). The molecule has 0 radical (unpaired) electrons. The smallest absolute Gasteiger partial charge is 0.255 e. The summed E-state index contributed by atoms with van der Waals surface area (Å²) in [6.07, 6.45) is 0.569. The van der Waals surface area contributed by atoms with E-state index in [-0.39, 0.29) is 5.91 Å². The van der Waals surface area contributed by atoms with Crippen LogP contribution in [0, 0.1) is 0 Å². The van der Waals surface area contributed by atoms with Crippen molar-refractivity contribution < 1.29 is 14.4 Å². The summed E-state index contributed by atoms with van der Waals surface area (Å²) in [6.45, 7) is 5.50. The number of para-hydroxylation sites is 2. The molecule has 0 fully saturated rings. The highest BCUT2D eigenvalue weighted by atomic mass is 16.7. The Morgan fingerprint density at radius 3 is 2.33 bits per heavy atom. The van der Waals surface area contributed by atoms with E-state index in [1.807, 2.05) is 20.8 Å². The summed E-state index contributed by atoms with van der Waals surface area (Å²) in [5, 5.41) is 3.90. The Balaban J connectivity index is 2.26. The van der Waals surface area contributed by atoms with Gasteiger partial charge < -0.3 is 11.1 Å². The number of rotatable bonds is 5. The molecule has 0 heterocycles. The lowest BCUT2D eigenvalue weighted by atomic mass is 10.2. The van der Waals surface area contributed by atoms with Crippen LogP contribution >= 0.6 is 0 Å². The molecular weight excluding hydrogens is 306 g/mol. The van der Waals surface area contributed by atoms with E-state index in [1.165, 1.54) is 0 Å². The fourth-order valence-corrected chi connectivity index (χ4v) is 2.02. The van der Waals surface area contributed by atoms with Crippen LogP contribution in [0.2, 0.25) is 0 Å². The normalized spacial score (nSPS) is 11.0. The van der Waals surface area contributed by atoms with Crippen LogP contribution in [0.15, 0.2) is 48.5 Å². The number of hydrogen-bond donors (Lipinski definition) is 2. The maximum Gasteiger partial charge on any atom is 0.255 e. The van der Waals surface area contributed by atoms with Crippen LogP contribution in [0.4, 0.5) is 17.1 Å². The Bertz CT molecular complexity index is 721. The van der Waals surface area contributed by atoms with Gasteiger partial charge in [0.2, 0.25) is 6.41 Å². The molecule has 0 aliphatic rings. The second-order valence-corrected chi connectivity index (χ2v) is 6.23. The summed E-state index contributed by atoms with van der Waals surface area (Å²) in [6, 6.07) is 13.5. The van der Waals surface area contributed by atoms with Gasteiger partial charge in [0.05, 0.1) is 17.0 Å². The van der Waals surface area contributed by atoms with E-state index in [2.05, 4.69) is 5.32 Å². The Morgan fingerprint density at radius 2 is 1.75 bits per heavy atom. The van der Waals surface area contributed by atoms with E-state index in [1.54, 1.807) is 48.5 Å². The SMILES string of the molecule is CC(C)(C)ON(C=O)c1ccccc1NC(=O)c1ccc(N)cc1. The lowest BCUT2D eigenvalue weighted by Crippen LogP contribution is -2.33. The minimum Gasteiger partial charge on any atom is -0.399 e. The fourth-order valence-electron chi connectivity index (χ4n) is 2.02. The molecule has 0 saturated carbocycles. The fraction of sp³-hybridized carbons (Fsp3) is 0.222. The van der Waals surface area contributed by atoms with Gasteiger partial charge in [-0.05, 0) is 57.2 Å². The van der Waals surface area contributed by atoms with E-state index in [4.69, 9.17) is 10.6 Å². The van der Waals surface area contributed by atoms with E-state index in [0.717, 1.165) is 5.06 Å². The Labute approximate surface area is 141 Å². The molecule has 6 heteroatoms. The maximum absolute atomic E-state index is 12.4. The van der Waals surface area contributed by atoms with Crippen molar-refractivity contribution in [2.45, 2.75) is 26.4 Å². The van der Waals surface area contributed by atoms with Crippen molar-refractivity contribution in [2.75, 3.05) is 16.1 Å². The number of amides is 2. The van der Waals surface area contributed by atoms with Crippen LogP contribution in [0.3, 0.4) is 0 Å². The topological polar surface area (TPSA) is 84.7 Å². The van der Waals surface area contributed by atoms with Crippen molar-refractivity contribution in [1.29, 1.82) is 0 Å². The zero-order valence-electron chi connectivity index (χ0n) is 13.9. The molecular formula is C18H21N3O3. The third-order valence-electron chi connectivity index (χ3n) is 3.03. The molecule has 2 amide bonds. The number of nitrogens with one attached hydrogen (secondary N) is 1. The summed E-state index contributed by atoms with van der Waals surface area (Å²) in [5.74, 6) is -0.302. The molecule has 2 rings (SSSR count). The molecule has 24 heavy (non-hydrogen) atoms. The molecule has 0 aromatic heterocycles. The van der Waals surface area contributed by atoms with Gasteiger partial charge in [-0.2, -0.15) is 5.06 Å². The molecule has 6 nitrogen and oxygen atoms in total. The minimum absolute atomic E-state index is 0.302. The Kier molecular flexibility index (Phi) is 5.21. The molecule has 0 spiro atoms. The zero-order chi connectivity index (χ0) is 17.7. The van der Waals surface area contributed by atoms with E-state index >= 15 is 0 Å². The highest BCUT2D eigenvalue weighted by molar-refractivity contribution is 6.06. The molecule has 0 aliphatic heterocycles. The van der Waals surface area contributed by atoms with Crippen molar-refractivity contribution in [3.63, 3.8) is 0 Å². The maximum atomic E-state index is 12.4. The van der Waals surface area contributed by atoms with Gasteiger partial charge in [-0.25, -0.2) is 0 Å². The van der Waals surface area contributed by atoms with Crippen LogP contribution in [-0.4, -0.2) is 17.9 Å². The van der Waals surface area contributed by atoms with Crippen molar-refractivity contribution in [3.8, 4) is 0 Å². The number of carbonyl (C=O) groups excluding carboxylic acids is 2. The van der Waals surface area contributed by atoms with Crippen LogP contribution in [0.1, 0.15) is 31.1 Å². The van der Waals surface area contributed by atoms with Crippen molar-refractivity contribution in [2.24, 2.45) is 0 Å². The lowest BCUT2D eigenvalue weighted by molar-refractivity contribution is -0.120. The van der Waals surface area contributed by atoms with Gasteiger partial charge in [0.1, 0.15) is 0 Å². The van der Waals surface area contributed by atoms with E-state index in [9.17, 15) is 9.59 Å². The summed E-state index contributed by atoms with van der Waals surface area (Å²) in [5.41, 5.74) is 7.03. The molecule has 0 saturated heterocycles. The van der Waals surface area contributed by atoms with Gasteiger partial charge in [-0.3, -0.25) is 14.4 Å². The predicted octanol–water partition coefficient (Wildman–Crippen LogP) is 3.21. The Morgan fingerprint density at radius 1 is 1.12 bits per heavy atom. The van der Waals surface area contributed by atoms with E-state index in [0.29, 0.717) is 29.0 Å². The highest BCUT2D eigenvalue weighted by Crippen LogP contribution is 2.27. The third kappa shape index (κ3) is 4.57. The number of nitrogens with two attached hydrogens (primary N) is 1. The van der Waals surface area contributed by atoms with Gasteiger partial charge >= 0.3 is 0 Å². The van der Waals surface area contributed by atoms with Gasteiger partial charge in [0, 0.05) is 11.3 Å². The predicted molar refractivity (Wildman–Crippen MR) is 94.6 cm³/mol. The van der Waals surface area contributed by atoms with Crippen LogP contribution in [-0.2, 0) is 9.63 Å². The molecule has 2 aromatic carbocycles. The van der Waals surface area contributed by atoms with Crippen molar-refractivity contribution >= 4 is 29.4 Å². The lowest BCUT2D eigenvalue weighted by Gasteiger charge is -2.28. The average Bonchev–Trinajstić information content (AvgIpc) is 2.53. The number of hydroxylamine groups is 1. The first-order valence-electron chi connectivity index (χ1n) is 7.50. The quantitative estimate of drug-likeness (QED) is 0.502. The second-order valence-electron chi connectivity index (χ2n) is 6.23. The van der Waals surface area contributed by atoms with Gasteiger partial charge in [-0.15, -0.1) is 0 Å². The molecule has 0 unspecified atom stereocenters. The highest BCUT2D eigenvalue weighted by Gasteiger charge is 2.20. The molecule has 0 aliphatic carbocycles. The number of anilines is 3. The van der Waals surface area contributed by atoms with Crippen molar-refractivity contribution in [3.05, 3.63) is 54.1 Å². The summed E-state index contributed by atoms with van der Waals surface area (Å²) < 4.78 is 0. The number of hydrogen-bond acceptors (Lipinski definition) is 4. The minimum atomic E-state index is -0.561. The van der Waals surface area contributed by atoms with Crippen LogP contribution in [0.5, 0.6) is 0 Å². The van der Waals surface area contributed by atoms with Crippen LogP contribution in [0.25, 0.3) is 0 Å². The summed E-state index contributed by atoms with van der Waals surface area (Å²) in [7, 11) is 0. The zero-order valence-corrected chi connectivity index (χ0v) is 13.9. The number of benzene rings is 2. The summed E-state index contributed by atoms with van der Waals surface area (Å²) in [4.78, 5) is 29.4. The number of nitrogens with zero attached hydrogens (tertiary/aromatic N) is 1. The summed E-state index contributed by atoms with van der Waals surface area (Å²) >= 11 is 0. The molecule has 0 atom stereocenters. The average molecular weight is 327 g/mol. The Hall–Kier alpha value is -2.86.